The molecule has 1 aromatic heterocycles. The summed E-state index contributed by atoms with van der Waals surface area (Å²) in [6.45, 7) is 11.4. The maximum atomic E-state index is 4.99. The summed E-state index contributed by atoms with van der Waals surface area (Å²) in [5, 5.41) is 5.07. The minimum absolute atomic E-state index is 0.0321. The molecule has 1 atom stereocenters. The van der Waals surface area contributed by atoms with Crippen LogP contribution in [0.4, 0.5) is 0 Å². The van der Waals surface area contributed by atoms with Crippen LogP contribution in [-0.2, 0) is 18.4 Å². The topological polar surface area (TPSA) is 24.9 Å². The summed E-state index contributed by atoms with van der Waals surface area (Å²) in [6.07, 6.45) is 6.23. The zero-order chi connectivity index (χ0) is 14.0. The van der Waals surface area contributed by atoms with Crippen molar-refractivity contribution in [2.75, 3.05) is 0 Å². The smallest absolute Gasteiger partial charge is 0.113 e. The number of thiazole rings is 1. The van der Waals surface area contributed by atoms with Gasteiger partial charge in [-0.3, -0.25) is 0 Å². The molecule has 3 heteroatoms. The van der Waals surface area contributed by atoms with E-state index < -0.39 is 0 Å². The third-order valence-electron chi connectivity index (χ3n) is 3.74. The van der Waals surface area contributed by atoms with Gasteiger partial charge in [0.2, 0.25) is 0 Å². The Labute approximate surface area is 122 Å². The number of fused-ring (bicyclic) bond motifs is 1. The molecule has 0 aromatic carbocycles. The average molecular weight is 280 g/mol. The lowest BCUT2D eigenvalue weighted by Gasteiger charge is -2.32. The van der Waals surface area contributed by atoms with Gasteiger partial charge in [0.1, 0.15) is 5.01 Å². The molecular formula is C16H28N2S. The molecule has 1 N–H and O–H groups in total. The Hall–Kier alpha value is -0.410. The fourth-order valence-corrected chi connectivity index (χ4v) is 4.52. The van der Waals surface area contributed by atoms with Crippen LogP contribution in [0.3, 0.4) is 0 Å². The summed E-state index contributed by atoms with van der Waals surface area (Å²) >= 11 is 1.95. The van der Waals surface area contributed by atoms with E-state index in [1.165, 1.54) is 36.4 Å². The van der Waals surface area contributed by atoms with Crippen molar-refractivity contribution in [2.24, 2.45) is 5.92 Å². The maximum absolute atomic E-state index is 4.99. The van der Waals surface area contributed by atoms with Gasteiger partial charge in [-0.25, -0.2) is 4.98 Å². The van der Waals surface area contributed by atoms with Crippen LogP contribution < -0.4 is 5.32 Å². The van der Waals surface area contributed by atoms with Crippen LogP contribution in [0, 0.1) is 5.92 Å². The van der Waals surface area contributed by atoms with Crippen molar-refractivity contribution in [3.8, 4) is 0 Å². The first-order valence-electron chi connectivity index (χ1n) is 7.67. The monoisotopic (exact) mass is 280 g/mol. The molecule has 2 nitrogen and oxygen atoms in total. The summed E-state index contributed by atoms with van der Waals surface area (Å²) in [5.74, 6) is 0.678. The molecule has 0 spiro atoms. The van der Waals surface area contributed by atoms with E-state index in [9.17, 15) is 0 Å². The molecule has 1 heterocycles. The van der Waals surface area contributed by atoms with E-state index in [4.69, 9.17) is 4.98 Å². The van der Waals surface area contributed by atoms with E-state index in [1.807, 2.05) is 11.3 Å². The molecule has 0 amide bonds. The second-order valence-corrected chi connectivity index (χ2v) is 7.91. The van der Waals surface area contributed by atoms with E-state index >= 15 is 0 Å². The van der Waals surface area contributed by atoms with Gasteiger partial charge in [0.25, 0.3) is 0 Å². The number of nitrogens with one attached hydrogen (secondary N) is 1. The standard InChI is InChI=1S/C16H28N2S/c1-11(2)10-16(5,18-12(3)4)15-17-13-8-6-7-9-14(13)19-15/h11-12,18H,6-10H2,1-5H3. The van der Waals surface area contributed by atoms with E-state index in [0.29, 0.717) is 12.0 Å². The first kappa shape index (κ1) is 15.0. The fraction of sp³-hybridized carbons (Fsp3) is 0.812. The van der Waals surface area contributed by atoms with Crippen molar-refractivity contribution in [1.29, 1.82) is 0 Å². The van der Waals surface area contributed by atoms with Crippen LogP contribution in [0.2, 0.25) is 0 Å². The number of aromatic nitrogens is 1. The minimum Gasteiger partial charge on any atom is -0.303 e. The van der Waals surface area contributed by atoms with Gasteiger partial charge in [-0.15, -0.1) is 11.3 Å². The zero-order valence-corrected chi connectivity index (χ0v) is 13.9. The normalized spacial score (nSPS) is 18.7. The van der Waals surface area contributed by atoms with Crippen molar-refractivity contribution in [2.45, 2.75) is 78.3 Å². The molecule has 0 bridgehead atoms. The zero-order valence-electron chi connectivity index (χ0n) is 13.0. The van der Waals surface area contributed by atoms with E-state index in [2.05, 4.69) is 39.9 Å². The van der Waals surface area contributed by atoms with Crippen LogP contribution in [0.15, 0.2) is 0 Å². The third kappa shape index (κ3) is 3.57. The molecule has 2 rings (SSSR count). The molecule has 1 unspecified atom stereocenters. The Morgan fingerprint density at radius 2 is 1.89 bits per heavy atom. The molecule has 19 heavy (non-hydrogen) atoms. The quantitative estimate of drug-likeness (QED) is 0.870. The van der Waals surface area contributed by atoms with E-state index in [-0.39, 0.29) is 5.54 Å². The highest BCUT2D eigenvalue weighted by molar-refractivity contribution is 7.11. The number of aryl methyl sites for hydroxylation is 2. The summed E-state index contributed by atoms with van der Waals surface area (Å²) in [5.41, 5.74) is 1.41. The lowest BCUT2D eigenvalue weighted by Crippen LogP contribution is -2.44. The Balaban J connectivity index is 2.29. The highest BCUT2D eigenvalue weighted by atomic mass is 32.1. The highest BCUT2D eigenvalue weighted by Crippen LogP contribution is 2.36. The molecule has 0 aliphatic heterocycles. The Kier molecular flexibility index (Phi) is 4.67. The molecule has 1 aliphatic carbocycles. The summed E-state index contributed by atoms with van der Waals surface area (Å²) < 4.78 is 0. The highest BCUT2D eigenvalue weighted by Gasteiger charge is 2.32. The molecule has 0 radical (unpaired) electrons. The predicted molar refractivity (Wildman–Crippen MR) is 83.8 cm³/mol. The van der Waals surface area contributed by atoms with Crippen molar-refractivity contribution >= 4 is 11.3 Å². The van der Waals surface area contributed by atoms with Crippen LogP contribution >= 0.6 is 11.3 Å². The predicted octanol–water partition coefficient (Wildman–Crippen LogP) is 4.28. The summed E-state index contributed by atoms with van der Waals surface area (Å²) in [7, 11) is 0. The number of hydrogen-bond donors (Lipinski definition) is 1. The number of rotatable bonds is 5. The molecular weight excluding hydrogens is 252 g/mol. The van der Waals surface area contributed by atoms with Crippen molar-refractivity contribution < 1.29 is 0 Å². The fourth-order valence-electron chi connectivity index (χ4n) is 3.25. The van der Waals surface area contributed by atoms with Crippen LogP contribution in [0.25, 0.3) is 0 Å². The molecule has 0 saturated carbocycles. The first-order chi connectivity index (χ1) is 8.90. The van der Waals surface area contributed by atoms with Gasteiger partial charge in [0, 0.05) is 10.9 Å². The van der Waals surface area contributed by atoms with Crippen molar-refractivity contribution in [3.05, 3.63) is 15.6 Å². The van der Waals surface area contributed by atoms with Gasteiger partial charge in [0.15, 0.2) is 0 Å². The Morgan fingerprint density at radius 3 is 2.47 bits per heavy atom. The second kappa shape index (κ2) is 5.92. The lowest BCUT2D eigenvalue weighted by molar-refractivity contribution is 0.274. The molecule has 0 saturated heterocycles. The van der Waals surface area contributed by atoms with E-state index in [0.717, 1.165) is 6.42 Å². The number of nitrogens with zero attached hydrogens (tertiary/aromatic N) is 1. The van der Waals surface area contributed by atoms with Crippen LogP contribution in [0.1, 0.15) is 69.5 Å². The van der Waals surface area contributed by atoms with Crippen molar-refractivity contribution in [1.82, 2.24) is 10.3 Å². The lowest BCUT2D eigenvalue weighted by atomic mass is 9.90. The molecule has 0 fully saturated rings. The molecule has 1 aliphatic rings. The Morgan fingerprint density at radius 1 is 1.21 bits per heavy atom. The van der Waals surface area contributed by atoms with Crippen molar-refractivity contribution in [3.63, 3.8) is 0 Å². The minimum atomic E-state index is 0.0321. The molecule has 108 valence electrons. The van der Waals surface area contributed by atoms with Crippen LogP contribution in [-0.4, -0.2) is 11.0 Å². The van der Waals surface area contributed by atoms with Gasteiger partial charge >= 0.3 is 0 Å². The van der Waals surface area contributed by atoms with E-state index in [1.54, 1.807) is 4.88 Å². The maximum Gasteiger partial charge on any atom is 0.113 e. The van der Waals surface area contributed by atoms with Gasteiger partial charge in [0.05, 0.1) is 11.2 Å². The average Bonchev–Trinajstić information content (AvgIpc) is 2.70. The second-order valence-electron chi connectivity index (χ2n) is 6.83. The van der Waals surface area contributed by atoms with Gasteiger partial charge in [-0.2, -0.15) is 0 Å². The van der Waals surface area contributed by atoms with Crippen LogP contribution in [0.5, 0.6) is 0 Å². The summed E-state index contributed by atoms with van der Waals surface area (Å²) in [4.78, 5) is 6.53. The van der Waals surface area contributed by atoms with Gasteiger partial charge in [-0.1, -0.05) is 13.8 Å². The Bertz CT molecular complexity index is 387. The molecule has 1 aromatic rings. The SMILES string of the molecule is CC(C)CC(C)(NC(C)C)c1nc2c(s1)CCCC2. The summed E-state index contributed by atoms with van der Waals surface area (Å²) in [6, 6.07) is 0.490. The largest absolute Gasteiger partial charge is 0.303 e. The number of hydrogen-bond acceptors (Lipinski definition) is 3. The first-order valence-corrected chi connectivity index (χ1v) is 8.49. The van der Waals surface area contributed by atoms with Gasteiger partial charge < -0.3 is 5.32 Å². The van der Waals surface area contributed by atoms with Gasteiger partial charge in [-0.05, 0) is 58.8 Å². The third-order valence-corrected chi connectivity index (χ3v) is 5.16.